The van der Waals surface area contributed by atoms with Crippen molar-refractivity contribution in [2.45, 2.75) is 31.6 Å². The predicted molar refractivity (Wildman–Crippen MR) is 72.2 cm³/mol. The maximum Gasteiger partial charge on any atom is 0.319 e. The third-order valence-corrected chi connectivity index (χ3v) is 5.07. The van der Waals surface area contributed by atoms with Crippen molar-refractivity contribution in [3.05, 3.63) is 22.4 Å². The highest BCUT2D eigenvalue weighted by Crippen LogP contribution is 2.48. The molecule has 1 aliphatic heterocycles. The van der Waals surface area contributed by atoms with Crippen LogP contribution in [0.1, 0.15) is 37.2 Å². The van der Waals surface area contributed by atoms with Crippen molar-refractivity contribution in [2.24, 2.45) is 5.41 Å². The number of amides is 1. The lowest BCUT2D eigenvalue weighted by atomic mass is 9.90. The van der Waals surface area contributed by atoms with E-state index in [0.717, 1.165) is 12.8 Å². The fraction of sp³-hybridized carbons (Fsp3) is 0.571. The van der Waals surface area contributed by atoms with Crippen LogP contribution in [0, 0.1) is 5.41 Å². The van der Waals surface area contributed by atoms with Crippen molar-refractivity contribution in [2.75, 3.05) is 13.1 Å². The quantitative estimate of drug-likeness (QED) is 0.864. The molecule has 0 unspecified atom stereocenters. The number of aliphatic carboxylic acids is 1. The molecule has 1 saturated heterocycles. The second-order valence-corrected chi connectivity index (χ2v) is 6.29. The lowest BCUT2D eigenvalue weighted by molar-refractivity contribution is -0.153. The van der Waals surface area contributed by atoms with E-state index in [1.807, 2.05) is 0 Å². The summed E-state index contributed by atoms with van der Waals surface area (Å²) in [5.41, 5.74) is 0.284. The standard InChI is InChI=1S/C14H17NO3S/c16-12(14(4-5-14)13(17)18)15-6-1-10(2-7-15)11-3-8-19-9-11/h3,8-10H,1-2,4-7H2,(H,17,18). The molecule has 5 heteroatoms. The van der Waals surface area contributed by atoms with E-state index in [2.05, 4.69) is 16.8 Å². The Morgan fingerprint density at radius 1 is 1.32 bits per heavy atom. The summed E-state index contributed by atoms with van der Waals surface area (Å²) in [6.07, 6.45) is 2.90. The monoisotopic (exact) mass is 279 g/mol. The van der Waals surface area contributed by atoms with Crippen molar-refractivity contribution >= 4 is 23.2 Å². The zero-order valence-electron chi connectivity index (χ0n) is 10.7. The van der Waals surface area contributed by atoms with Gasteiger partial charge in [0.2, 0.25) is 5.91 Å². The first-order chi connectivity index (χ1) is 9.13. The van der Waals surface area contributed by atoms with Crippen LogP contribution in [0.4, 0.5) is 0 Å². The van der Waals surface area contributed by atoms with Crippen molar-refractivity contribution in [1.82, 2.24) is 4.90 Å². The molecule has 2 fully saturated rings. The van der Waals surface area contributed by atoms with Gasteiger partial charge in [0.05, 0.1) is 0 Å². The second-order valence-electron chi connectivity index (χ2n) is 5.51. The molecule has 3 rings (SSSR count). The molecule has 102 valence electrons. The van der Waals surface area contributed by atoms with Crippen LogP contribution in [0.2, 0.25) is 0 Å². The van der Waals surface area contributed by atoms with Gasteiger partial charge in [0.15, 0.2) is 0 Å². The molecule has 4 nitrogen and oxygen atoms in total. The van der Waals surface area contributed by atoms with Gasteiger partial charge in [0.25, 0.3) is 0 Å². The first-order valence-corrected chi connectivity index (χ1v) is 7.63. The number of carboxylic acid groups (broad SMARTS) is 1. The van der Waals surface area contributed by atoms with Crippen LogP contribution in [0.3, 0.4) is 0 Å². The maximum absolute atomic E-state index is 12.3. The van der Waals surface area contributed by atoms with Gasteiger partial charge < -0.3 is 10.0 Å². The Labute approximate surface area is 116 Å². The smallest absolute Gasteiger partial charge is 0.319 e. The van der Waals surface area contributed by atoms with Crippen LogP contribution < -0.4 is 0 Å². The van der Waals surface area contributed by atoms with E-state index < -0.39 is 11.4 Å². The Morgan fingerprint density at radius 3 is 2.47 bits per heavy atom. The molecule has 1 aromatic rings. The number of rotatable bonds is 3. The summed E-state index contributed by atoms with van der Waals surface area (Å²) >= 11 is 1.70. The van der Waals surface area contributed by atoms with Gasteiger partial charge in [-0.25, -0.2) is 0 Å². The Kier molecular flexibility index (Phi) is 3.09. The Hall–Kier alpha value is -1.36. The third-order valence-electron chi connectivity index (χ3n) is 4.37. The van der Waals surface area contributed by atoms with Gasteiger partial charge in [-0.05, 0) is 54.0 Å². The van der Waals surface area contributed by atoms with Gasteiger partial charge in [0, 0.05) is 13.1 Å². The zero-order chi connectivity index (χ0) is 13.5. The number of likely N-dealkylation sites (tertiary alicyclic amines) is 1. The third kappa shape index (κ3) is 2.16. The van der Waals surface area contributed by atoms with Crippen molar-refractivity contribution in [1.29, 1.82) is 0 Å². The topological polar surface area (TPSA) is 57.6 Å². The molecular formula is C14H17NO3S. The molecule has 0 radical (unpaired) electrons. The average Bonchev–Trinajstić information content (AvgIpc) is 3.07. The molecule has 19 heavy (non-hydrogen) atoms. The SMILES string of the molecule is O=C(O)C1(C(=O)N2CCC(c3ccsc3)CC2)CC1. The van der Waals surface area contributed by atoms with Crippen molar-refractivity contribution in [3.63, 3.8) is 0 Å². The zero-order valence-corrected chi connectivity index (χ0v) is 11.5. The maximum atomic E-state index is 12.3. The first-order valence-electron chi connectivity index (χ1n) is 6.68. The number of piperidine rings is 1. The van der Waals surface area contributed by atoms with Crippen LogP contribution >= 0.6 is 11.3 Å². The normalized spacial score (nSPS) is 22.2. The van der Waals surface area contributed by atoms with Crippen molar-refractivity contribution < 1.29 is 14.7 Å². The molecule has 1 aliphatic carbocycles. The Bertz CT molecular complexity index is 485. The predicted octanol–water partition coefficient (Wildman–Crippen LogP) is 2.32. The molecule has 2 heterocycles. The molecule has 1 saturated carbocycles. The van der Waals surface area contributed by atoms with E-state index in [9.17, 15) is 9.59 Å². The molecule has 0 spiro atoms. The summed E-state index contributed by atoms with van der Waals surface area (Å²) in [6, 6.07) is 2.15. The number of hydrogen-bond donors (Lipinski definition) is 1. The van der Waals surface area contributed by atoms with Crippen LogP contribution in [-0.2, 0) is 9.59 Å². The summed E-state index contributed by atoms with van der Waals surface area (Å²) in [5, 5.41) is 13.4. The number of thiophene rings is 1. The van der Waals surface area contributed by atoms with Gasteiger partial charge in [-0.1, -0.05) is 0 Å². The molecule has 1 aromatic heterocycles. The van der Waals surface area contributed by atoms with E-state index in [1.165, 1.54) is 5.56 Å². The van der Waals surface area contributed by atoms with Crippen LogP contribution in [-0.4, -0.2) is 35.0 Å². The number of nitrogens with zero attached hydrogens (tertiary/aromatic N) is 1. The fourth-order valence-electron chi connectivity index (χ4n) is 2.87. The fourth-order valence-corrected chi connectivity index (χ4v) is 3.61. The number of carbonyl (C=O) groups excluding carboxylic acids is 1. The molecule has 0 aromatic carbocycles. The molecule has 1 N–H and O–H groups in total. The summed E-state index contributed by atoms with van der Waals surface area (Å²) in [5.74, 6) is -0.587. The lowest BCUT2D eigenvalue weighted by Gasteiger charge is -2.33. The highest BCUT2D eigenvalue weighted by Gasteiger charge is 2.58. The largest absolute Gasteiger partial charge is 0.480 e. The second kappa shape index (κ2) is 4.63. The van der Waals surface area contributed by atoms with E-state index >= 15 is 0 Å². The first kappa shape index (κ1) is 12.7. The summed E-state index contributed by atoms with van der Waals surface area (Å²) in [4.78, 5) is 25.2. The van der Waals surface area contributed by atoms with E-state index in [4.69, 9.17) is 5.11 Å². The van der Waals surface area contributed by atoms with Gasteiger partial charge >= 0.3 is 5.97 Å². The van der Waals surface area contributed by atoms with Crippen LogP contribution in [0.15, 0.2) is 16.8 Å². The number of carboxylic acids is 1. The van der Waals surface area contributed by atoms with Crippen molar-refractivity contribution in [3.8, 4) is 0 Å². The molecule has 0 bridgehead atoms. The number of hydrogen-bond acceptors (Lipinski definition) is 3. The average molecular weight is 279 g/mol. The van der Waals surface area contributed by atoms with E-state index in [-0.39, 0.29) is 5.91 Å². The van der Waals surface area contributed by atoms with Gasteiger partial charge in [-0.15, -0.1) is 0 Å². The summed E-state index contributed by atoms with van der Waals surface area (Å²) in [7, 11) is 0. The highest BCUT2D eigenvalue weighted by molar-refractivity contribution is 7.07. The van der Waals surface area contributed by atoms with Gasteiger partial charge in [-0.2, -0.15) is 11.3 Å². The van der Waals surface area contributed by atoms with E-state index in [0.29, 0.717) is 31.8 Å². The summed E-state index contributed by atoms with van der Waals surface area (Å²) < 4.78 is 0. The molecule has 2 aliphatic rings. The molecule has 0 atom stereocenters. The molecule has 1 amide bonds. The van der Waals surface area contributed by atoms with Crippen LogP contribution in [0.5, 0.6) is 0 Å². The minimum absolute atomic E-state index is 0.163. The minimum Gasteiger partial charge on any atom is -0.480 e. The molecular weight excluding hydrogens is 262 g/mol. The Morgan fingerprint density at radius 2 is 2.00 bits per heavy atom. The van der Waals surface area contributed by atoms with Gasteiger partial charge in [0.1, 0.15) is 5.41 Å². The highest BCUT2D eigenvalue weighted by atomic mass is 32.1. The lowest BCUT2D eigenvalue weighted by Crippen LogP contribution is -2.44. The minimum atomic E-state index is -1.07. The van der Waals surface area contributed by atoms with Crippen LogP contribution in [0.25, 0.3) is 0 Å². The van der Waals surface area contributed by atoms with E-state index in [1.54, 1.807) is 16.2 Å². The Balaban J connectivity index is 1.62. The van der Waals surface area contributed by atoms with Gasteiger partial charge in [-0.3, -0.25) is 9.59 Å². The number of carbonyl (C=O) groups is 2. The summed E-state index contributed by atoms with van der Waals surface area (Å²) in [6.45, 7) is 1.38.